The largest absolute Gasteiger partial charge is 0.417 e. The van der Waals surface area contributed by atoms with Crippen molar-refractivity contribution >= 4 is 23.4 Å². The molecule has 0 radical (unpaired) electrons. The summed E-state index contributed by atoms with van der Waals surface area (Å²) in [4.78, 5) is 3.73. The Morgan fingerprint density at radius 2 is 1.86 bits per heavy atom. The highest BCUT2D eigenvalue weighted by Crippen LogP contribution is 2.36. The van der Waals surface area contributed by atoms with Crippen LogP contribution in [-0.4, -0.2) is 19.9 Å². The summed E-state index contributed by atoms with van der Waals surface area (Å²) in [5, 5.41) is 8.25. The maximum absolute atomic E-state index is 12.6. The van der Waals surface area contributed by atoms with E-state index in [2.05, 4.69) is 15.2 Å². The quantitative estimate of drug-likeness (QED) is 0.838. The Morgan fingerprint density at radius 3 is 2.32 bits per heavy atom. The van der Waals surface area contributed by atoms with Gasteiger partial charge in [-0.3, -0.25) is 0 Å². The number of nitrogens with zero attached hydrogens (tertiary/aromatic N) is 4. The number of hydrogen-bond acceptors (Lipinski definition) is 5. The number of hydrogen-bond donors (Lipinski definition) is 1. The van der Waals surface area contributed by atoms with Crippen molar-refractivity contribution in [2.75, 3.05) is 5.84 Å². The van der Waals surface area contributed by atoms with E-state index in [9.17, 15) is 13.2 Å². The lowest BCUT2D eigenvalue weighted by molar-refractivity contribution is -0.137. The third-order valence-electron chi connectivity index (χ3n) is 2.66. The van der Waals surface area contributed by atoms with Crippen LogP contribution >= 0.6 is 23.4 Å². The van der Waals surface area contributed by atoms with Crippen molar-refractivity contribution in [2.24, 2.45) is 0 Å². The van der Waals surface area contributed by atoms with Crippen molar-refractivity contribution in [1.29, 1.82) is 0 Å². The van der Waals surface area contributed by atoms with Crippen molar-refractivity contribution in [3.05, 3.63) is 28.7 Å². The zero-order valence-corrected chi connectivity index (χ0v) is 13.5. The Bertz CT molecular complexity index is 693. The molecule has 2 rings (SSSR count). The maximum atomic E-state index is 12.6. The van der Waals surface area contributed by atoms with E-state index in [1.165, 1.54) is 4.68 Å². The highest BCUT2D eigenvalue weighted by molar-refractivity contribution is 7.99. The van der Waals surface area contributed by atoms with Gasteiger partial charge in [0.2, 0.25) is 5.16 Å². The molecule has 0 aliphatic carbocycles. The zero-order chi connectivity index (χ0) is 16.7. The van der Waals surface area contributed by atoms with E-state index in [0.29, 0.717) is 11.0 Å². The second-order valence-electron chi connectivity index (χ2n) is 5.54. The standard InChI is InChI=1S/C12H13ClF3N5S/c1-11(2,3)9-19-20-10(21(9)17)22-8-7(13)4-6(5-18-8)12(14,15)16/h4-5H,17H2,1-3H3. The van der Waals surface area contributed by atoms with Crippen molar-refractivity contribution in [1.82, 2.24) is 19.9 Å². The van der Waals surface area contributed by atoms with Crippen molar-refractivity contribution < 1.29 is 13.2 Å². The molecule has 5 nitrogen and oxygen atoms in total. The van der Waals surface area contributed by atoms with Gasteiger partial charge < -0.3 is 5.84 Å². The van der Waals surface area contributed by atoms with Crippen LogP contribution in [0.1, 0.15) is 32.2 Å². The molecule has 0 aromatic carbocycles. The third kappa shape index (κ3) is 3.46. The first kappa shape index (κ1) is 16.9. The highest BCUT2D eigenvalue weighted by Gasteiger charge is 2.32. The summed E-state index contributed by atoms with van der Waals surface area (Å²) in [5.74, 6) is 6.45. The Balaban J connectivity index is 2.31. The van der Waals surface area contributed by atoms with Crippen LogP contribution in [0.5, 0.6) is 0 Å². The first-order valence-corrected chi connectivity index (χ1v) is 7.31. The summed E-state index contributed by atoms with van der Waals surface area (Å²) in [6, 6.07) is 0.818. The summed E-state index contributed by atoms with van der Waals surface area (Å²) >= 11 is 6.80. The van der Waals surface area contributed by atoms with Gasteiger partial charge in [-0.05, 0) is 17.8 Å². The summed E-state index contributed by atoms with van der Waals surface area (Å²) in [6.45, 7) is 5.74. The normalized spacial score (nSPS) is 12.7. The Labute approximate surface area is 134 Å². The molecule has 0 atom stereocenters. The third-order valence-corrected chi connectivity index (χ3v) is 4.04. The summed E-state index contributed by atoms with van der Waals surface area (Å²) < 4.78 is 39.0. The molecule has 0 fully saturated rings. The minimum absolute atomic E-state index is 0.125. The first-order valence-electron chi connectivity index (χ1n) is 6.11. The number of nitrogens with two attached hydrogens (primary N) is 1. The molecule has 120 valence electrons. The van der Waals surface area contributed by atoms with Crippen LogP contribution in [0.2, 0.25) is 5.02 Å². The van der Waals surface area contributed by atoms with E-state index in [0.717, 1.165) is 24.0 Å². The van der Waals surface area contributed by atoms with Crippen molar-refractivity contribution in [3.8, 4) is 0 Å². The molecular formula is C12H13ClF3N5S. The molecule has 0 saturated heterocycles. The van der Waals surface area contributed by atoms with Crippen LogP contribution in [-0.2, 0) is 11.6 Å². The lowest BCUT2D eigenvalue weighted by Gasteiger charge is -2.16. The Morgan fingerprint density at radius 1 is 1.23 bits per heavy atom. The first-order chi connectivity index (χ1) is 10.00. The SMILES string of the molecule is CC(C)(C)c1nnc(Sc2ncc(C(F)(F)F)cc2Cl)n1N. The van der Waals surface area contributed by atoms with Crippen LogP contribution in [0.3, 0.4) is 0 Å². The molecule has 2 aromatic heterocycles. The average Bonchev–Trinajstić information content (AvgIpc) is 2.72. The average molecular weight is 352 g/mol. The van der Waals surface area contributed by atoms with Crippen molar-refractivity contribution in [3.63, 3.8) is 0 Å². The van der Waals surface area contributed by atoms with Crippen molar-refractivity contribution in [2.45, 2.75) is 42.5 Å². The minimum Gasteiger partial charge on any atom is -0.336 e. The topological polar surface area (TPSA) is 69.6 Å². The van der Waals surface area contributed by atoms with Gasteiger partial charge in [0.05, 0.1) is 10.6 Å². The number of pyridine rings is 1. The van der Waals surface area contributed by atoms with Crippen LogP contribution in [0.15, 0.2) is 22.4 Å². The molecule has 0 spiro atoms. The van der Waals surface area contributed by atoms with Gasteiger partial charge in [-0.2, -0.15) is 13.2 Å². The second-order valence-corrected chi connectivity index (χ2v) is 6.90. The van der Waals surface area contributed by atoms with Crippen LogP contribution in [0.25, 0.3) is 0 Å². The highest BCUT2D eigenvalue weighted by atomic mass is 35.5. The van der Waals surface area contributed by atoms with Gasteiger partial charge in [0.25, 0.3) is 0 Å². The number of nitrogen functional groups attached to an aromatic ring is 1. The lowest BCUT2D eigenvalue weighted by Crippen LogP contribution is -2.24. The van der Waals surface area contributed by atoms with Gasteiger partial charge in [0, 0.05) is 11.6 Å². The van der Waals surface area contributed by atoms with E-state index >= 15 is 0 Å². The molecule has 2 heterocycles. The molecule has 2 aromatic rings. The fourth-order valence-corrected chi connectivity index (χ4v) is 2.58. The minimum atomic E-state index is -4.49. The van der Waals surface area contributed by atoms with Gasteiger partial charge in [-0.15, -0.1) is 10.2 Å². The van der Waals surface area contributed by atoms with Gasteiger partial charge in [-0.25, -0.2) is 9.66 Å². The predicted molar refractivity (Wildman–Crippen MR) is 77.2 cm³/mol. The smallest absolute Gasteiger partial charge is 0.336 e. The summed E-state index contributed by atoms with van der Waals surface area (Å²) in [7, 11) is 0. The summed E-state index contributed by atoms with van der Waals surface area (Å²) in [6.07, 6.45) is -3.77. The van der Waals surface area contributed by atoms with Crippen LogP contribution in [0.4, 0.5) is 13.2 Å². The molecule has 0 aliphatic rings. The Hall–Kier alpha value is -1.48. The summed E-state index contributed by atoms with van der Waals surface area (Å²) in [5.41, 5.74) is -1.23. The maximum Gasteiger partial charge on any atom is 0.417 e. The number of alkyl halides is 3. The van der Waals surface area contributed by atoms with E-state index in [-0.39, 0.29) is 15.5 Å². The Kier molecular flexibility index (Phi) is 4.31. The molecule has 10 heteroatoms. The van der Waals surface area contributed by atoms with E-state index in [1.54, 1.807) is 0 Å². The number of aromatic nitrogens is 4. The van der Waals surface area contributed by atoms with Gasteiger partial charge in [0.15, 0.2) is 5.82 Å². The van der Waals surface area contributed by atoms with Crippen LogP contribution in [0, 0.1) is 0 Å². The van der Waals surface area contributed by atoms with Gasteiger partial charge >= 0.3 is 6.18 Å². The number of halogens is 4. The van der Waals surface area contributed by atoms with Gasteiger partial charge in [-0.1, -0.05) is 32.4 Å². The van der Waals surface area contributed by atoms with E-state index in [4.69, 9.17) is 17.4 Å². The molecule has 0 aliphatic heterocycles. The molecule has 0 unspecified atom stereocenters. The van der Waals surface area contributed by atoms with E-state index < -0.39 is 11.7 Å². The zero-order valence-electron chi connectivity index (χ0n) is 11.9. The lowest BCUT2D eigenvalue weighted by atomic mass is 9.96. The molecular weight excluding hydrogens is 339 g/mol. The van der Waals surface area contributed by atoms with E-state index in [1.807, 2.05) is 20.8 Å². The fraction of sp³-hybridized carbons (Fsp3) is 0.417. The molecule has 0 amide bonds. The number of rotatable bonds is 2. The molecule has 2 N–H and O–H groups in total. The monoisotopic (exact) mass is 351 g/mol. The van der Waals surface area contributed by atoms with Crippen LogP contribution < -0.4 is 5.84 Å². The second kappa shape index (κ2) is 5.62. The fourth-order valence-electron chi connectivity index (χ4n) is 1.60. The molecule has 0 bridgehead atoms. The molecule has 22 heavy (non-hydrogen) atoms. The molecule has 0 saturated carbocycles. The van der Waals surface area contributed by atoms with Gasteiger partial charge in [0.1, 0.15) is 5.03 Å². The predicted octanol–water partition coefficient (Wildman–Crippen LogP) is 3.51.